The van der Waals surface area contributed by atoms with E-state index in [0.29, 0.717) is 36.2 Å². The molecule has 0 amide bonds. The fourth-order valence-corrected chi connectivity index (χ4v) is 4.77. The molecule has 3 rings (SSSR count). The summed E-state index contributed by atoms with van der Waals surface area (Å²) in [5.41, 5.74) is 1.04. The summed E-state index contributed by atoms with van der Waals surface area (Å²) < 4.78 is 33.4. The second-order valence-electron chi connectivity index (χ2n) is 6.46. The van der Waals surface area contributed by atoms with Gasteiger partial charge in [-0.3, -0.25) is 9.78 Å². The Bertz CT molecular complexity index is 1100. The minimum absolute atomic E-state index is 0.173. The van der Waals surface area contributed by atoms with Crippen LogP contribution in [0.2, 0.25) is 0 Å². The van der Waals surface area contributed by atoms with Crippen molar-refractivity contribution in [2.45, 2.75) is 24.3 Å². The van der Waals surface area contributed by atoms with Crippen LogP contribution >= 0.6 is 0 Å². The first-order valence-corrected chi connectivity index (χ1v) is 10.4. The minimum atomic E-state index is -3.78. The zero-order valence-electron chi connectivity index (χ0n) is 15.8. The molecule has 0 unspecified atom stereocenters. The van der Waals surface area contributed by atoms with Gasteiger partial charge in [-0.1, -0.05) is 6.07 Å². The van der Waals surface area contributed by atoms with Crippen LogP contribution in [0, 0.1) is 0 Å². The van der Waals surface area contributed by atoms with Crippen molar-refractivity contribution >= 4 is 20.9 Å². The van der Waals surface area contributed by atoms with Gasteiger partial charge in [0.1, 0.15) is 0 Å². The predicted molar refractivity (Wildman–Crippen MR) is 108 cm³/mol. The molecule has 0 saturated carbocycles. The molecule has 2 aromatic heterocycles. The molecule has 148 valence electrons. The number of sulfonamides is 1. The van der Waals surface area contributed by atoms with E-state index in [2.05, 4.69) is 9.97 Å². The molecule has 8 heteroatoms. The number of hydrogen-bond acceptors (Lipinski definition) is 5. The summed E-state index contributed by atoms with van der Waals surface area (Å²) in [6, 6.07) is 12.7. The van der Waals surface area contributed by atoms with Gasteiger partial charge in [-0.25, -0.2) is 8.42 Å². The van der Waals surface area contributed by atoms with Crippen LogP contribution < -0.4 is 5.56 Å². The molecule has 0 saturated heterocycles. The number of pyridine rings is 2. The highest BCUT2D eigenvalue weighted by Gasteiger charge is 2.30. The summed E-state index contributed by atoms with van der Waals surface area (Å²) >= 11 is 0. The summed E-state index contributed by atoms with van der Waals surface area (Å²) in [5, 5.41) is 0.656. The molecule has 0 aliphatic rings. The molecular formula is C20H23N3O4S. The van der Waals surface area contributed by atoms with Crippen molar-refractivity contribution < 1.29 is 13.2 Å². The van der Waals surface area contributed by atoms with E-state index in [1.807, 2.05) is 19.1 Å². The highest BCUT2D eigenvalue weighted by Crippen LogP contribution is 2.28. The van der Waals surface area contributed by atoms with E-state index in [0.717, 1.165) is 0 Å². The number of benzene rings is 1. The second-order valence-corrected chi connectivity index (χ2v) is 8.35. The highest BCUT2D eigenvalue weighted by molar-refractivity contribution is 7.89. The van der Waals surface area contributed by atoms with Gasteiger partial charge in [-0.05, 0) is 55.1 Å². The maximum absolute atomic E-state index is 13.4. The number of nitrogens with one attached hydrogen (secondary N) is 1. The molecule has 0 bridgehead atoms. The SMILES string of the molecule is COCCCN([C@H](C)c1ccccn1)S(=O)(=O)c1ccc2[nH]c(=O)ccc2c1. The summed E-state index contributed by atoms with van der Waals surface area (Å²) in [6.07, 6.45) is 2.21. The number of rotatable bonds is 8. The van der Waals surface area contributed by atoms with E-state index in [1.165, 1.54) is 16.4 Å². The molecule has 28 heavy (non-hydrogen) atoms. The number of nitrogens with zero attached hydrogens (tertiary/aromatic N) is 2. The second kappa shape index (κ2) is 8.64. The fraction of sp³-hybridized carbons (Fsp3) is 0.300. The van der Waals surface area contributed by atoms with Gasteiger partial charge >= 0.3 is 0 Å². The van der Waals surface area contributed by atoms with Crippen LogP contribution in [0.15, 0.2) is 64.4 Å². The van der Waals surface area contributed by atoms with Crippen LogP contribution in [-0.2, 0) is 14.8 Å². The van der Waals surface area contributed by atoms with Crippen molar-refractivity contribution in [3.63, 3.8) is 0 Å². The van der Waals surface area contributed by atoms with Gasteiger partial charge in [0.05, 0.1) is 16.6 Å². The number of aromatic amines is 1. The number of fused-ring (bicyclic) bond motifs is 1. The van der Waals surface area contributed by atoms with E-state index in [4.69, 9.17) is 4.74 Å². The molecule has 0 spiro atoms. The zero-order valence-corrected chi connectivity index (χ0v) is 16.6. The van der Waals surface area contributed by atoms with Crippen molar-refractivity contribution in [1.29, 1.82) is 0 Å². The van der Waals surface area contributed by atoms with Gasteiger partial charge in [0.15, 0.2) is 0 Å². The van der Waals surface area contributed by atoms with E-state index >= 15 is 0 Å². The lowest BCUT2D eigenvalue weighted by Gasteiger charge is -2.28. The third kappa shape index (κ3) is 4.30. The fourth-order valence-electron chi connectivity index (χ4n) is 3.09. The van der Waals surface area contributed by atoms with Crippen molar-refractivity contribution in [3.8, 4) is 0 Å². The Morgan fingerprint density at radius 3 is 2.71 bits per heavy atom. The Hall–Kier alpha value is -2.55. The van der Waals surface area contributed by atoms with Gasteiger partial charge in [-0.2, -0.15) is 4.31 Å². The average Bonchev–Trinajstić information content (AvgIpc) is 2.70. The number of H-pyrrole nitrogens is 1. The lowest BCUT2D eigenvalue weighted by molar-refractivity contribution is 0.182. The Labute approximate surface area is 164 Å². The topological polar surface area (TPSA) is 92.4 Å². The summed E-state index contributed by atoms with van der Waals surface area (Å²) in [5.74, 6) is 0. The molecule has 0 radical (unpaired) electrons. The predicted octanol–water partition coefficient (Wildman–Crippen LogP) is 2.71. The quantitative estimate of drug-likeness (QED) is 0.586. The van der Waals surface area contributed by atoms with Gasteiger partial charge in [0.25, 0.3) is 0 Å². The molecular weight excluding hydrogens is 378 g/mol. The molecule has 1 N–H and O–H groups in total. The number of methoxy groups -OCH3 is 1. The lowest BCUT2D eigenvalue weighted by atomic mass is 10.2. The molecule has 1 aromatic carbocycles. The van der Waals surface area contributed by atoms with Crippen LogP contribution in [0.4, 0.5) is 0 Å². The first-order valence-electron chi connectivity index (χ1n) is 8.98. The van der Waals surface area contributed by atoms with Gasteiger partial charge < -0.3 is 9.72 Å². The van der Waals surface area contributed by atoms with Crippen LogP contribution in [0.1, 0.15) is 25.1 Å². The van der Waals surface area contributed by atoms with Crippen molar-refractivity contribution in [3.05, 3.63) is 70.8 Å². The minimum Gasteiger partial charge on any atom is -0.385 e. The average molecular weight is 401 g/mol. The molecule has 0 aliphatic carbocycles. The Balaban J connectivity index is 2.01. The zero-order chi connectivity index (χ0) is 20.1. The van der Waals surface area contributed by atoms with Crippen LogP contribution in [0.3, 0.4) is 0 Å². The molecule has 1 atom stereocenters. The highest BCUT2D eigenvalue weighted by atomic mass is 32.2. The number of ether oxygens (including phenoxy) is 1. The smallest absolute Gasteiger partial charge is 0.248 e. The molecule has 0 aliphatic heterocycles. The normalized spacial score (nSPS) is 13.1. The summed E-state index contributed by atoms with van der Waals surface area (Å²) in [7, 11) is -2.20. The van der Waals surface area contributed by atoms with Crippen LogP contribution in [0.5, 0.6) is 0 Å². The third-order valence-electron chi connectivity index (χ3n) is 4.58. The van der Waals surface area contributed by atoms with Crippen LogP contribution in [-0.4, -0.2) is 43.0 Å². The van der Waals surface area contributed by atoms with Gasteiger partial charge in [0, 0.05) is 38.0 Å². The van der Waals surface area contributed by atoms with Crippen LogP contribution in [0.25, 0.3) is 10.9 Å². The van der Waals surface area contributed by atoms with E-state index in [1.54, 1.807) is 37.6 Å². The Morgan fingerprint density at radius 1 is 1.18 bits per heavy atom. The summed E-state index contributed by atoms with van der Waals surface area (Å²) in [4.78, 5) is 18.7. The Morgan fingerprint density at radius 2 is 2.00 bits per heavy atom. The molecule has 7 nitrogen and oxygen atoms in total. The van der Waals surface area contributed by atoms with Gasteiger partial charge in [0.2, 0.25) is 15.6 Å². The van der Waals surface area contributed by atoms with Crippen molar-refractivity contribution in [2.75, 3.05) is 20.3 Å². The monoisotopic (exact) mass is 401 g/mol. The molecule has 3 aromatic rings. The number of aromatic nitrogens is 2. The lowest BCUT2D eigenvalue weighted by Crippen LogP contribution is -2.35. The standard InChI is InChI=1S/C20H23N3O4S/c1-15(18-6-3-4-11-21-18)23(12-5-13-27-2)28(25,26)17-8-9-19-16(14-17)7-10-20(24)22-19/h3-4,6-11,14-15H,5,12-13H2,1-2H3,(H,22,24)/t15-/m1/s1. The molecule has 2 heterocycles. The first-order chi connectivity index (χ1) is 13.4. The van der Waals surface area contributed by atoms with E-state index in [9.17, 15) is 13.2 Å². The van der Waals surface area contributed by atoms with Gasteiger partial charge in [-0.15, -0.1) is 0 Å². The summed E-state index contributed by atoms with van der Waals surface area (Å²) in [6.45, 7) is 2.59. The largest absolute Gasteiger partial charge is 0.385 e. The number of hydrogen-bond donors (Lipinski definition) is 1. The van der Waals surface area contributed by atoms with Crippen molar-refractivity contribution in [2.24, 2.45) is 0 Å². The molecule has 0 fully saturated rings. The third-order valence-corrected chi connectivity index (χ3v) is 6.54. The maximum Gasteiger partial charge on any atom is 0.248 e. The Kier molecular flexibility index (Phi) is 6.23. The first kappa shape index (κ1) is 20.2. The van der Waals surface area contributed by atoms with E-state index < -0.39 is 16.1 Å². The maximum atomic E-state index is 13.4. The van der Waals surface area contributed by atoms with E-state index in [-0.39, 0.29) is 10.5 Å². The van der Waals surface area contributed by atoms with Crippen molar-refractivity contribution in [1.82, 2.24) is 14.3 Å².